The molecule has 0 aromatic carbocycles. The number of hydrogen-bond acceptors (Lipinski definition) is 5. The van der Waals surface area contributed by atoms with Crippen molar-refractivity contribution in [2.75, 3.05) is 13.7 Å². The summed E-state index contributed by atoms with van der Waals surface area (Å²) in [6.07, 6.45) is 0. The minimum atomic E-state index is 0.369. The van der Waals surface area contributed by atoms with Crippen molar-refractivity contribution in [1.82, 2.24) is 14.8 Å². The molecule has 80 valence electrons. The maximum absolute atomic E-state index is 5.50. The zero-order chi connectivity index (χ0) is 10.6. The summed E-state index contributed by atoms with van der Waals surface area (Å²) in [4.78, 5) is 0. The van der Waals surface area contributed by atoms with Gasteiger partial charge in [0.15, 0.2) is 5.16 Å². The standard InChI is InChI=1S/C8H16N4OS/c1-6(5-13-3)14-8-11-10-7(4-9)12(8)2/h6H,4-5,9H2,1-3H3. The van der Waals surface area contributed by atoms with Crippen LogP contribution in [0.2, 0.25) is 0 Å². The van der Waals surface area contributed by atoms with Gasteiger partial charge in [0.05, 0.1) is 13.2 Å². The highest BCUT2D eigenvalue weighted by Crippen LogP contribution is 2.20. The van der Waals surface area contributed by atoms with Crippen molar-refractivity contribution in [3.05, 3.63) is 5.82 Å². The highest BCUT2D eigenvalue weighted by atomic mass is 32.2. The zero-order valence-corrected chi connectivity index (χ0v) is 9.54. The molecule has 0 fully saturated rings. The van der Waals surface area contributed by atoms with Gasteiger partial charge in [-0.2, -0.15) is 0 Å². The maximum atomic E-state index is 5.50. The number of nitrogens with zero attached hydrogens (tertiary/aromatic N) is 3. The van der Waals surface area contributed by atoms with Gasteiger partial charge in [-0.25, -0.2) is 0 Å². The summed E-state index contributed by atoms with van der Waals surface area (Å²) in [7, 11) is 3.61. The van der Waals surface area contributed by atoms with Gasteiger partial charge in [0, 0.05) is 19.4 Å². The first-order chi connectivity index (χ1) is 6.69. The Kier molecular flexibility index (Phi) is 4.37. The summed E-state index contributed by atoms with van der Waals surface area (Å²) in [5, 5.41) is 9.28. The van der Waals surface area contributed by atoms with E-state index in [9.17, 15) is 0 Å². The van der Waals surface area contributed by atoms with Crippen LogP contribution in [0.3, 0.4) is 0 Å². The van der Waals surface area contributed by atoms with Crippen LogP contribution < -0.4 is 5.73 Å². The number of hydrogen-bond donors (Lipinski definition) is 1. The number of ether oxygens (including phenoxy) is 1. The number of aromatic nitrogens is 3. The van der Waals surface area contributed by atoms with Crippen molar-refractivity contribution in [1.29, 1.82) is 0 Å². The molecule has 0 saturated heterocycles. The van der Waals surface area contributed by atoms with Gasteiger partial charge in [-0.05, 0) is 0 Å². The van der Waals surface area contributed by atoms with Crippen molar-refractivity contribution in [2.24, 2.45) is 12.8 Å². The third kappa shape index (κ3) is 2.70. The second-order valence-corrected chi connectivity index (χ2v) is 4.45. The summed E-state index contributed by atoms with van der Waals surface area (Å²) in [5.74, 6) is 0.803. The first-order valence-corrected chi connectivity index (χ1v) is 5.31. The molecule has 1 aromatic rings. The lowest BCUT2D eigenvalue weighted by atomic mass is 10.5. The fourth-order valence-corrected chi connectivity index (χ4v) is 1.99. The summed E-state index contributed by atoms with van der Waals surface area (Å²) >= 11 is 1.64. The third-order valence-electron chi connectivity index (χ3n) is 1.82. The van der Waals surface area contributed by atoms with Crippen LogP contribution in [0.5, 0.6) is 0 Å². The largest absolute Gasteiger partial charge is 0.384 e. The van der Waals surface area contributed by atoms with Crippen LogP contribution in [0.25, 0.3) is 0 Å². The average Bonchev–Trinajstić information content (AvgIpc) is 2.48. The fourth-order valence-electron chi connectivity index (χ4n) is 1.07. The Morgan fingerprint density at radius 3 is 2.79 bits per heavy atom. The molecule has 0 radical (unpaired) electrons. The van der Waals surface area contributed by atoms with E-state index in [1.807, 2.05) is 11.6 Å². The average molecular weight is 216 g/mol. The normalized spacial score (nSPS) is 13.1. The van der Waals surface area contributed by atoms with E-state index in [1.165, 1.54) is 0 Å². The minimum absolute atomic E-state index is 0.369. The van der Waals surface area contributed by atoms with Gasteiger partial charge in [-0.3, -0.25) is 0 Å². The number of methoxy groups -OCH3 is 1. The molecule has 0 aliphatic heterocycles. The molecule has 0 saturated carbocycles. The van der Waals surface area contributed by atoms with E-state index in [1.54, 1.807) is 18.9 Å². The molecule has 1 aromatic heterocycles. The van der Waals surface area contributed by atoms with E-state index in [4.69, 9.17) is 10.5 Å². The van der Waals surface area contributed by atoms with E-state index < -0.39 is 0 Å². The maximum Gasteiger partial charge on any atom is 0.191 e. The topological polar surface area (TPSA) is 66.0 Å². The number of thioether (sulfide) groups is 1. The molecule has 0 aliphatic carbocycles. The number of rotatable bonds is 5. The highest BCUT2D eigenvalue weighted by molar-refractivity contribution is 7.99. The Morgan fingerprint density at radius 2 is 2.29 bits per heavy atom. The summed E-state index contributed by atoms with van der Waals surface area (Å²) in [6, 6.07) is 0. The predicted octanol–water partition coefficient (Wildman–Crippen LogP) is 0.401. The smallest absolute Gasteiger partial charge is 0.191 e. The van der Waals surface area contributed by atoms with E-state index in [0.29, 0.717) is 18.4 Å². The van der Waals surface area contributed by atoms with Gasteiger partial charge in [-0.1, -0.05) is 18.7 Å². The van der Waals surface area contributed by atoms with Gasteiger partial charge in [-0.15, -0.1) is 10.2 Å². The molecule has 0 amide bonds. The quantitative estimate of drug-likeness (QED) is 0.722. The Morgan fingerprint density at radius 1 is 1.57 bits per heavy atom. The lowest BCUT2D eigenvalue weighted by Gasteiger charge is -2.08. The lowest BCUT2D eigenvalue weighted by molar-refractivity contribution is 0.203. The molecular formula is C8H16N4OS. The van der Waals surface area contributed by atoms with E-state index >= 15 is 0 Å². The van der Waals surface area contributed by atoms with Crippen molar-refractivity contribution >= 4 is 11.8 Å². The molecule has 1 atom stereocenters. The lowest BCUT2D eigenvalue weighted by Crippen LogP contribution is -2.08. The Labute approximate surface area is 88.0 Å². The Hall–Kier alpha value is -0.590. The molecule has 0 spiro atoms. The van der Waals surface area contributed by atoms with Crippen molar-refractivity contribution in [2.45, 2.75) is 23.9 Å². The van der Waals surface area contributed by atoms with Crippen LogP contribution in [0.15, 0.2) is 5.16 Å². The predicted molar refractivity (Wildman–Crippen MR) is 56.1 cm³/mol. The Bertz CT molecular complexity index is 289. The molecular weight excluding hydrogens is 200 g/mol. The summed E-state index contributed by atoms with van der Waals surface area (Å²) in [6.45, 7) is 3.21. The summed E-state index contributed by atoms with van der Waals surface area (Å²) in [5.41, 5.74) is 5.50. The van der Waals surface area contributed by atoms with E-state index in [-0.39, 0.29) is 0 Å². The molecule has 14 heavy (non-hydrogen) atoms. The van der Waals surface area contributed by atoms with Crippen molar-refractivity contribution in [3.8, 4) is 0 Å². The zero-order valence-electron chi connectivity index (χ0n) is 8.73. The van der Waals surface area contributed by atoms with Crippen LogP contribution in [-0.2, 0) is 18.3 Å². The highest BCUT2D eigenvalue weighted by Gasteiger charge is 2.11. The van der Waals surface area contributed by atoms with E-state index in [2.05, 4.69) is 17.1 Å². The molecule has 1 heterocycles. The first kappa shape index (κ1) is 11.5. The van der Waals surface area contributed by atoms with Crippen LogP contribution in [-0.4, -0.2) is 33.7 Å². The second-order valence-electron chi connectivity index (χ2n) is 3.05. The molecule has 0 aliphatic rings. The van der Waals surface area contributed by atoms with Crippen LogP contribution in [0, 0.1) is 0 Å². The molecule has 6 heteroatoms. The molecule has 2 N–H and O–H groups in total. The van der Waals surface area contributed by atoms with Crippen molar-refractivity contribution < 1.29 is 4.74 Å². The van der Waals surface area contributed by atoms with Gasteiger partial charge < -0.3 is 15.0 Å². The summed E-state index contributed by atoms with van der Waals surface area (Å²) < 4.78 is 6.96. The van der Waals surface area contributed by atoms with Crippen LogP contribution in [0.1, 0.15) is 12.7 Å². The van der Waals surface area contributed by atoms with Crippen molar-refractivity contribution in [3.63, 3.8) is 0 Å². The fraction of sp³-hybridized carbons (Fsp3) is 0.750. The third-order valence-corrected chi connectivity index (χ3v) is 2.92. The minimum Gasteiger partial charge on any atom is -0.384 e. The first-order valence-electron chi connectivity index (χ1n) is 4.43. The molecule has 5 nitrogen and oxygen atoms in total. The van der Waals surface area contributed by atoms with Gasteiger partial charge in [0.25, 0.3) is 0 Å². The van der Waals surface area contributed by atoms with Gasteiger partial charge >= 0.3 is 0 Å². The van der Waals surface area contributed by atoms with E-state index in [0.717, 1.165) is 11.0 Å². The molecule has 0 bridgehead atoms. The van der Waals surface area contributed by atoms with Crippen LogP contribution >= 0.6 is 11.8 Å². The Balaban J connectivity index is 2.62. The van der Waals surface area contributed by atoms with Crippen LogP contribution in [0.4, 0.5) is 0 Å². The van der Waals surface area contributed by atoms with Gasteiger partial charge in [0.1, 0.15) is 5.82 Å². The van der Waals surface area contributed by atoms with Gasteiger partial charge in [0.2, 0.25) is 0 Å². The molecule has 1 rings (SSSR count). The number of nitrogens with two attached hydrogens (primary N) is 1. The monoisotopic (exact) mass is 216 g/mol. The second kappa shape index (κ2) is 5.33. The molecule has 1 unspecified atom stereocenters. The SMILES string of the molecule is COCC(C)Sc1nnc(CN)n1C.